The topological polar surface area (TPSA) is 55.9 Å². The summed E-state index contributed by atoms with van der Waals surface area (Å²) in [6.07, 6.45) is 3.79. The van der Waals surface area contributed by atoms with Crippen LogP contribution in [0.2, 0.25) is 0 Å². The maximum Gasteiger partial charge on any atom is 0.0931 e. The van der Waals surface area contributed by atoms with Gasteiger partial charge in [-0.05, 0) is 63.5 Å². The molecule has 0 bridgehead atoms. The first kappa shape index (κ1) is 20.7. The van der Waals surface area contributed by atoms with Crippen molar-refractivity contribution in [3.05, 3.63) is 34.9 Å². The van der Waals surface area contributed by atoms with Crippen molar-refractivity contribution in [2.75, 3.05) is 0 Å². The average molecular weight is 361 g/mol. The zero-order valence-corrected chi connectivity index (χ0v) is 17.4. The van der Waals surface area contributed by atoms with Crippen molar-refractivity contribution in [3.63, 3.8) is 0 Å². The predicted octanol–water partition coefficient (Wildman–Crippen LogP) is 3.93. The van der Waals surface area contributed by atoms with E-state index in [0.29, 0.717) is 24.9 Å². The third-order valence-electron chi connectivity index (χ3n) is 4.79. The number of rotatable bonds is 10. The van der Waals surface area contributed by atoms with E-state index in [2.05, 4.69) is 63.9 Å². The number of aromatic nitrogens is 4. The summed E-state index contributed by atoms with van der Waals surface area (Å²) in [6.45, 7) is 14.1. The Balaban J connectivity index is 1.93. The first-order valence-electron chi connectivity index (χ1n) is 9.99. The van der Waals surface area contributed by atoms with Gasteiger partial charge in [0.1, 0.15) is 0 Å². The summed E-state index contributed by atoms with van der Waals surface area (Å²) in [6, 6.07) is 4.27. The molecular weight excluding hydrogens is 324 g/mol. The highest BCUT2D eigenvalue weighted by Gasteiger charge is 2.13. The summed E-state index contributed by atoms with van der Waals surface area (Å²) in [5.41, 5.74) is 4.46. The molecule has 5 heteroatoms. The molecule has 0 unspecified atom stereocenters. The van der Waals surface area contributed by atoms with Crippen molar-refractivity contribution in [1.82, 2.24) is 19.6 Å². The molecule has 1 N–H and O–H groups in total. The van der Waals surface area contributed by atoms with Gasteiger partial charge in [0.2, 0.25) is 0 Å². The van der Waals surface area contributed by atoms with Crippen LogP contribution in [0.4, 0.5) is 0 Å². The molecule has 0 radical (unpaired) electrons. The van der Waals surface area contributed by atoms with E-state index in [9.17, 15) is 5.11 Å². The molecular formula is C21H36N4O. The van der Waals surface area contributed by atoms with Crippen molar-refractivity contribution < 1.29 is 5.11 Å². The van der Waals surface area contributed by atoms with Crippen LogP contribution in [0.25, 0.3) is 0 Å². The van der Waals surface area contributed by atoms with Gasteiger partial charge in [0.15, 0.2) is 0 Å². The van der Waals surface area contributed by atoms with Crippen molar-refractivity contribution in [2.45, 2.75) is 86.4 Å². The standard InChI is InChI=1S/C21H36N4O/c1-15(2)7-9-19-11-17(5)24(22-19)13-21(26)14-25-18(6)12-20(23-25)10-8-16(3)4/h11-12,15-16,21,26H,7-10,13-14H2,1-6H3. The second kappa shape index (κ2) is 9.36. The molecule has 2 rings (SSSR count). The van der Waals surface area contributed by atoms with E-state index < -0.39 is 6.10 Å². The van der Waals surface area contributed by atoms with E-state index in [4.69, 9.17) is 0 Å². The zero-order chi connectivity index (χ0) is 19.3. The van der Waals surface area contributed by atoms with Gasteiger partial charge in [-0.15, -0.1) is 0 Å². The summed E-state index contributed by atoms with van der Waals surface area (Å²) in [5.74, 6) is 1.36. The molecule has 0 aliphatic rings. The third kappa shape index (κ3) is 6.27. The first-order valence-corrected chi connectivity index (χ1v) is 9.99. The van der Waals surface area contributed by atoms with E-state index in [0.717, 1.165) is 48.5 Å². The molecule has 26 heavy (non-hydrogen) atoms. The minimum Gasteiger partial charge on any atom is -0.389 e. The van der Waals surface area contributed by atoms with E-state index in [1.807, 2.05) is 9.36 Å². The molecule has 0 aliphatic carbocycles. The second-order valence-corrected chi connectivity index (χ2v) is 8.44. The number of aryl methyl sites for hydroxylation is 4. The van der Waals surface area contributed by atoms with Crippen molar-refractivity contribution >= 4 is 0 Å². The molecule has 2 aromatic heterocycles. The predicted molar refractivity (Wildman–Crippen MR) is 106 cm³/mol. The van der Waals surface area contributed by atoms with Crippen LogP contribution in [0.3, 0.4) is 0 Å². The summed E-state index contributed by atoms with van der Waals surface area (Å²) in [7, 11) is 0. The van der Waals surface area contributed by atoms with Crippen LogP contribution >= 0.6 is 0 Å². The molecule has 0 saturated heterocycles. The van der Waals surface area contributed by atoms with Gasteiger partial charge in [0, 0.05) is 11.4 Å². The molecule has 0 amide bonds. The number of hydrogen-bond donors (Lipinski definition) is 1. The van der Waals surface area contributed by atoms with Crippen LogP contribution in [0, 0.1) is 25.7 Å². The maximum atomic E-state index is 10.5. The van der Waals surface area contributed by atoms with Crippen LogP contribution in [-0.2, 0) is 25.9 Å². The van der Waals surface area contributed by atoms with Crippen molar-refractivity contribution in [2.24, 2.45) is 11.8 Å². The van der Waals surface area contributed by atoms with E-state index in [1.165, 1.54) is 0 Å². The Labute approximate surface area is 158 Å². The highest BCUT2D eigenvalue weighted by molar-refractivity contribution is 5.10. The largest absolute Gasteiger partial charge is 0.389 e. The number of hydrogen-bond acceptors (Lipinski definition) is 3. The normalized spacial score (nSPS) is 12.1. The van der Waals surface area contributed by atoms with Gasteiger partial charge in [0.05, 0.1) is 30.6 Å². The molecule has 5 nitrogen and oxygen atoms in total. The Morgan fingerprint density at radius 3 is 1.54 bits per heavy atom. The van der Waals surface area contributed by atoms with Crippen LogP contribution in [0.5, 0.6) is 0 Å². The lowest BCUT2D eigenvalue weighted by Crippen LogP contribution is -2.24. The smallest absolute Gasteiger partial charge is 0.0931 e. The summed E-state index contributed by atoms with van der Waals surface area (Å²) >= 11 is 0. The number of aliphatic hydroxyl groups excluding tert-OH is 1. The summed E-state index contributed by atoms with van der Waals surface area (Å²) in [5, 5.41) is 19.9. The van der Waals surface area contributed by atoms with Crippen molar-refractivity contribution in [3.8, 4) is 0 Å². The SMILES string of the molecule is Cc1cc(CCC(C)C)nn1CC(O)Cn1nc(CCC(C)C)cc1C. The fraction of sp³-hybridized carbons (Fsp3) is 0.714. The van der Waals surface area contributed by atoms with E-state index >= 15 is 0 Å². The van der Waals surface area contributed by atoms with Gasteiger partial charge in [-0.25, -0.2) is 0 Å². The van der Waals surface area contributed by atoms with Crippen molar-refractivity contribution in [1.29, 1.82) is 0 Å². The van der Waals surface area contributed by atoms with Crippen LogP contribution < -0.4 is 0 Å². The minimum absolute atomic E-state index is 0.497. The lowest BCUT2D eigenvalue weighted by Gasteiger charge is -2.13. The fourth-order valence-corrected chi connectivity index (χ4v) is 3.10. The quantitative estimate of drug-likeness (QED) is 0.698. The number of nitrogens with zero attached hydrogens (tertiary/aromatic N) is 4. The molecule has 0 atom stereocenters. The Kier molecular flexibility index (Phi) is 7.44. The summed E-state index contributed by atoms with van der Waals surface area (Å²) in [4.78, 5) is 0. The second-order valence-electron chi connectivity index (χ2n) is 8.44. The lowest BCUT2D eigenvalue weighted by atomic mass is 10.1. The Morgan fingerprint density at radius 2 is 1.19 bits per heavy atom. The molecule has 0 fully saturated rings. The lowest BCUT2D eigenvalue weighted by molar-refractivity contribution is 0.124. The van der Waals surface area contributed by atoms with Gasteiger partial charge in [-0.3, -0.25) is 9.36 Å². The molecule has 0 aromatic carbocycles. The molecule has 146 valence electrons. The van der Waals surface area contributed by atoms with Gasteiger partial charge in [-0.1, -0.05) is 27.7 Å². The third-order valence-corrected chi connectivity index (χ3v) is 4.79. The van der Waals surface area contributed by atoms with Gasteiger partial charge in [-0.2, -0.15) is 10.2 Å². The van der Waals surface area contributed by atoms with Crippen LogP contribution in [-0.4, -0.2) is 30.8 Å². The van der Waals surface area contributed by atoms with Crippen LogP contribution in [0.15, 0.2) is 12.1 Å². The first-order chi connectivity index (χ1) is 12.2. The van der Waals surface area contributed by atoms with Gasteiger partial charge >= 0.3 is 0 Å². The molecule has 0 saturated carbocycles. The number of aliphatic hydroxyl groups is 1. The van der Waals surface area contributed by atoms with E-state index in [-0.39, 0.29) is 0 Å². The highest BCUT2D eigenvalue weighted by atomic mass is 16.3. The molecule has 2 heterocycles. The summed E-state index contributed by atoms with van der Waals surface area (Å²) < 4.78 is 3.86. The minimum atomic E-state index is -0.497. The Hall–Kier alpha value is -1.62. The molecule has 0 aliphatic heterocycles. The van der Waals surface area contributed by atoms with Gasteiger partial charge in [0.25, 0.3) is 0 Å². The van der Waals surface area contributed by atoms with Gasteiger partial charge < -0.3 is 5.11 Å². The Bertz CT molecular complexity index is 626. The molecule has 2 aromatic rings. The van der Waals surface area contributed by atoms with E-state index in [1.54, 1.807) is 0 Å². The van der Waals surface area contributed by atoms with Crippen LogP contribution in [0.1, 0.15) is 63.3 Å². The molecule has 0 spiro atoms. The maximum absolute atomic E-state index is 10.5. The average Bonchev–Trinajstić information content (AvgIpc) is 3.06. The fourth-order valence-electron chi connectivity index (χ4n) is 3.10. The Morgan fingerprint density at radius 1 is 0.808 bits per heavy atom. The monoisotopic (exact) mass is 360 g/mol. The zero-order valence-electron chi connectivity index (χ0n) is 17.4. The highest BCUT2D eigenvalue weighted by Crippen LogP contribution is 2.13.